The Balaban J connectivity index is 0.00000128. The summed E-state index contributed by atoms with van der Waals surface area (Å²) < 4.78 is 5.14. The van der Waals surface area contributed by atoms with Gasteiger partial charge in [-0.05, 0) is 12.1 Å². The molecule has 2 aromatic rings. The minimum atomic E-state index is -0.942. The van der Waals surface area contributed by atoms with Crippen LogP contribution in [0.3, 0.4) is 0 Å². The average molecular weight is 240 g/mol. The number of carboxylic acids is 1. The first kappa shape index (κ1) is 12.3. The first-order valence-corrected chi connectivity index (χ1v) is 4.44. The lowest BCUT2D eigenvalue weighted by Gasteiger charge is -2.01. The summed E-state index contributed by atoms with van der Waals surface area (Å²) in [4.78, 5) is 13.9. The molecule has 16 heavy (non-hydrogen) atoms. The van der Waals surface area contributed by atoms with E-state index >= 15 is 0 Å². The Hall–Kier alpha value is -1.81. The van der Waals surface area contributed by atoms with E-state index in [1.165, 1.54) is 6.07 Å². The number of methoxy groups -OCH3 is 1. The first-order chi connectivity index (χ1) is 7.24. The van der Waals surface area contributed by atoms with Crippen LogP contribution in [0.1, 0.15) is 10.4 Å². The largest absolute Gasteiger partial charge is 1.00 e. The second-order valence-corrected chi connectivity index (χ2v) is 3.08. The van der Waals surface area contributed by atoms with Crippen LogP contribution in [0, 0.1) is 0 Å². The molecular formula is C11H10ClNO3. The number of carboxylic acid groups (broad SMARTS) is 1. The number of carbonyl (C=O) groups is 1. The maximum Gasteiger partial charge on any atom is 0.336 e. The Morgan fingerprint density at radius 2 is 2.12 bits per heavy atom. The number of fused-ring (bicyclic) bond motifs is 1. The molecule has 0 saturated carbocycles. The standard InChI is InChI=1S/C11H9NO3.ClH/c1-15-9-4-2-3-7-8(11(13)14)5-6-12-10(7)9;/h2-6H,1H3,(H,13,14);1H. The van der Waals surface area contributed by atoms with Crippen molar-refractivity contribution in [2.24, 2.45) is 0 Å². The molecule has 0 unspecified atom stereocenters. The average Bonchev–Trinajstić information content (AvgIpc) is 2.27. The fourth-order valence-electron chi connectivity index (χ4n) is 1.56. The highest BCUT2D eigenvalue weighted by molar-refractivity contribution is 6.02. The predicted molar refractivity (Wildman–Crippen MR) is 54.0 cm³/mol. The third-order valence-corrected chi connectivity index (χ3v) is 2.24. The van der Waals surface area contributed by atoms with Gasteiger partial charge in [-0.2, -0.15) is 0 Å². The van der Waals surface area contributed by atoms with Gasteiger partial charge in [0.05, 0.1) is 18.1 Å². The van der Waals surface area contributed by atoms with Crippen LogP contribution in [0.25, 0.3) is 10.9 Å². The Kier molecular flexibility index (Phi) is 3.68. The minimum absolute atomic E-state index is 0. The van der Waals surface area contributed by atoms with Crippen molar-refractivity contribution in [3.05, 3.63) is 36.0 Å². The van der Waals surface area contributed by atoms with Crippen molar-refractivity contribution >= 4 is 16.9 Å². The summed E-state index contributed by atoms with van der Waals surface area (Å²) >= 11 is 0. The normalized spacial score (nSPS) is 9.56. The van der Waals surface area contributed by atoms with Crippen LogP contribution in [0.4, 0.5) is 0 Å². The van der Waals surface area contributed by atoms with Gasteiger partial charge in [-0.3, -0.25) is 0 Å². The maximum atomic E-state index is 11.0. The molecule has 5 heteroatoms. The second kappa shape index (κ2) is 4.81. The van der Waals surface area contributed by atoms with E-state index in [1.54, 1.807) is 31.5 Å². The van der Waals surface area contributed by atoms with Gasteiger partial charge in [0.2, 0.25) is 0 Å². The third kappa shape index (κ3) is 1.92. The topological polar surface area (TPSA) is 60.7 Å². The number of aromatic carboxylic acids is 1. The number of aromatic amines is 1. The molecule has 0 saturated heterocycles. The van der Waals surface area contributed by atoms with Gasteiger partial charge >= 0.3 is 5.97 Å². The van der Waals surface area contributed by atoms with E-state index in [1.807, 2.05) is 0 Å². The summed E-state index contributed by atoms with van der Waals surface area (Å²) in [6.45, 7) is 0. The van der Waals surface area contributed by atoms with Crippen molar-refractivity contribution in [1.29, 1.82) is 0 Å². The summed E-state index contributed by atoms with van der Waals surface area (Å²) in [5.41, 5.74) is 0.961. The molecule has 0 fully saturated rings. The maximum absolute atomic E-state index is 11.0. The van der Waals surface area contributed by atoms with Gasteiger partial charge in [0.15, 0.2) is 11.9 Å². The van der Waals surface area contributed by atoms with Crippen LogP contribution in [-0.4, -0.2) is 18.2 Å². The molecule has 2 N–H and O–H groups in total. The Morgan fingerprint density at radius 3 is 2.75 bits per heavy atom. The summed E-state index contributed by atoms with van der Waals surface area (Å²) in [7, 11) is 1.55. The number of hydrogen-bond donors (Lipinski definition) is 1. The number of halogens is 1. The molecule has 0 amide bonds. The highest BCUT2D eigenvalue weighted by Crippen LogP contribution is 2.23. The van der Waals surface area contributed by atoms with E-state index < -0.39 is 5.97 Å². The van der Waals surface area contributed by atoms with Crippen LogP contribution in [0.2, 0.25) is 0 Å². The van der Waals surface area contributed by atoms with E-state index in [0.29, 0.717) is 16.7 Å². The van der Waals surface area contributed by atoms with Gasteiger partial charge in [-0.15, -0.1) is 0 Å². The van der Waals surface area contributed by atoms with Crippen molar-refractivity contribution in [3.63, 3.8) is 0 Å². The molecule has 0 radical (unpaired) electrons. The monoisotopic (exact) mass is 239 g/mol. The third-order valence-electron chi connectivity index (χ3n) is 2.24. The zero-order chi connectivity index (χ0) is 10.8. The molecular weight excluding hydrogens is 230 g/mol. The predicted octanol–water partition coefficient (Wildman–Crippen LogP) is -1.64. The zero-order valence-corrected chi connectivity index (χ0v) is 9.28. The summed E-state index contributed by atoms with van der Waals surface area (Å²) in [5.74, 6) is -0.308. The summed E-state index contributed by atoms with van der Waals surface area (Å²) in [5, 5.41) is 9.63. The molecule has 1 aromatic heterocycles. The van der Waals surface area contributed by atoms with Gasteiger partial charge in [0.1, 0.15) is 0 Å². The Bertz CT molecular complexity index is 528. The number of rotatable bonds is 2. The highest BCUT2D eigenvalue weighted by Gasteiger charge is 2.15. The van der Waals surface area contributed by atoms with E-state index in [9.17, 15) is 4.79 Å². The van der Waals surface area contributed by atoms with Gasteiger partial charge in [0, 0.05) is 6.07 Å². The molecule has 0 aliphatic heterocycles. The van der Waals surface area contributed by atoms with Crippen molar-refractivity contribution < 1.29 is 32.0 Å². The molecule has 0 bridgehead atoms. The SMILES string of the molecule is COc1cccc2c(C(=O)O)cc[nH+]c12.[Cl-]. The lowest BCUT2D eigenvalue weighted by Crippen LogP contribution is -3.00. The lowest BCUT2D eigenvalue weighted by atomic mass is 10.1. The molecule has 4 nitrogen and oxygen atoms in total. The second-order valence-electron chi connectivity index (χ2n) is 3.08. The quantitative estimate of drug-likeness (QED) is 0.684. The number of benzene rings is 1. The molecule has 0 aliphatic rings. The van der Waals surface area contributed by atoms with Crippen molar-refractivity contribution in [3.8, 4) is 5.75 Å². The molecule has 1 aromatic carbocycles. The van der Waals surface area contributed by atoms with Gasteiger partial charge in [-0.25, -0.2) is 9.78 Å². The Morgan fingerprint density at radius 1 is 1.38 bits per heavy atom. The molecule has 0 aliphatic carbocycles. The smallest absolute Gasteiger partial charge is 0.336 e. The zero-order valence-electron chi connectivity index (χ0n) is 8.53. The molecule has 2 rings (SSSR count). The van der Waals surface area contributed by atoms with Crippen molar-refractivity contribution in [2.75, 3.05) is 7.11 Å². The van der Waals surface area contributed by atoms with Gasteiger partial charge < -0.3 is 22.3 Å². The highest BCUT2D eigenvalue weighted by atomic mass is 35.5. The van der Waals surface area contributed by atoms with E-state index in [2.05, 4.69) is 4.98 Å². The van der Waals surface area contributed by atoms with E-state index in [0.717, 1.165) is 0 Å². The first-order valence-electron chi connectivity index (χ1n) is 4.44. The van der Waals surface area contributed by atoms with E-state index in [4.69, 9.17) is 9.84 Å². The molecule has 84 valence electrons. The summed E-state index contributed by atoms with van der Waals surface area (Å²) in [6.07, 6.45) is 1.59. The van der Waals surface area contributed by atoms with Crippen LogP contribution < -0.4 is 22.1 Å². The number of nitrogens with one attached hydrogen (secondary N) is 1. The lowest BCUT2D eigenvalue weighted by molar-refractivity contribution is -0.345. The number of para-hydroxylation sites is 1. The van der Waals surface area contributed by atoms with Gasteiger partial charge in [0.25, 0.3) is 5.52 Å². The number of pyridine rings is 1. The van der Waals surface area contributed by atoms with Crippen LogP contribution >= 0.6 is 0 Å². The molecule has 0 atom stereocenters. The van der Waals surface area contributed by atoms with Crippen LogP contribution in [0.5, 0.6) is 5.75 Å². The van der Waals surface area contributed by atoms with Crippen LogP contribution in [0.15, 0.2) is 30.5 Å². The fraction of sp³-hybridized carbons (Fsp3) is 0.0909. The molecule has 0 spiro atoms. The van der Waals surface area contributed by atoms with Gasteiger partial charge in [-0.1, -0.05) is 6.07 Å². The minimum Gasteiger partial charge on any atom is -1.00 e. The van der Waals surface area contributed by atoms with Crippen molar-refractivity contribution in [1.82, 2.24) is 0 Å². The number of hydrogen-bond acceptors (Lipinski definition) is 2. The fourth-order valence-corrected chi connectivity index (χ4v) is 1.56. The van der Waals surface area contributed by atoms with Crippen LogP contribution in [-0.2, 0) is 0 Å². The number of ether oxygens (including phenoxy) is 1. The van der Waals surface area contributed by atoms with E-state index in [-0.39, 0.29) is 18.0 Å². The Labute approximate surface area is 98.3 Å². The number of H-pyrrole nitrogens is 1. The van der Waals surface area contributed by atoms with Crippen molar-refractivity contribution in [2.45, 2.75) is 0 Å². The number of aromatic nitrogens is 1. The summed E-state index contributed by atoms with van der Waals surface area (Å²) in [6, 6.07) is 6.83. The molecule has 1 heterocycles.